The Balaban J connectivity index is -0.0000000498. The minimum atomic E-state index is -1.74. The molecule has 0 aliphatic heterocycles. The second-order valence-electron chi connectivity index (χ2n) is 3.05. The molecule has 22 heteroatoms. The fourth-order valence-electron chi connectivity index (χ4n) is 0. The van der Waals surface area contributed by atoms with E-state index in [9.17, 15) is 0 Å². The van der Waals surface area contributed by atoms with Gasteiger partial charge in [-0.15, -0.1) is 0 Å². The molecule has 0 unspecified atom stereocenters. The number of carbonyl (C=O) groups excluding carboxylic acids is 1. The van der Waals surface area contributed by atoms with Gasteiger partial charge >= 0.3 is 0 Å². The van der Waals surface area contributed by atoms with Crippen molar-refractivity contribution in [1.29, 1.82) is 26.3 Å². The van der Waals surface area contributed by atoms with Gasteiger partial charge in [0.15, 0.2) is 0 Å². The largest absolute Gasteiger partial charge is 0.281 e. The van der Waals surface area contributed by atoms with Crippen LogP contribution in [-0.2, 0) is 25.9 Å². The molecule has 0 saturated heterocycles. The van der Waals surface area contributed by atoms with Crippen molar-refractivity contribution >= 4 is 181 Å². The van der Waals surface area contributed by atoms with E-state index in [1.165, 1.54) is 30.3 Å². The van der Waals surface area contributed by atoms with E-state index in [1.807, 2.05) is 0 Å². The van der Waals surface area contributed by atoms with Crippen LogP contribution in [0, 0.1) is 56.7 Å². The molecule has 0 aliphatic carbocycles. The molecule has 0 fully saturated rings. The van der Waals surface area contributed by atoms with Crippen LogP contribution in [0.15, 0.2) is 0 Å². The predicted molar refractivity (Wildman–Crippen MR) is 135 cm³/mol. The predicted octanol–water partition coefficient (Wildman–Crippen LogP) is 9.00. The van der Waals surface area contributed by atoms with Crippen LogP contribution in [0.2, 0.25) is 0 Å². The van der Waals surface area contributed by atoms with Gasteiger partial charge in [0.05, 0.1) is 0 Å². The van der Waals surface area contributed by atoms with Crippen LogP contribution in [0.25, 0.3) is 0 Å². The molecule has 6 nitrogen and oxygen atoms in total. The Morgan fingerprint density at radius 2 is 0.394 bits per heavy atom. The summed E-state index contributed by atoms with van der Waals surface area (Å²) in [5, 5.41) is 38.8. The SMILES string of the molecule is N#CC(Cl)(Cl)Cl.N#CC(Cl)(Cl)Cl.N#CC(Cl)(Cl)Cl.N#CC(Cl)(Cl)Cl.N#CC(Cl)(Cl)Cl.[C]=O.[W]. The quantitative estimate of drug-likeness (QED) is 0.223. The summed E-state index contributed by atoms with van der Waals surface area (Å²) in [6.45, 7) is 4.50. The van der Waals surface area contributed by atoms with Crippen LogP contribution in [0.3, 0.4) is 0 Å². The van der Waals surface area contributed by atoms with Gasteiger partial charge in [0.25, 0.3) is 25.8 Å². The van der Waals surface area contributed by atoms with Crippen LogP contribution in [0.5, 0.6) is 0 Å². The minimum Gasteiger partial charge on any atom is -0.281 e. The summed E-state index contributed by atoms with van der Waals surface area (Å²) in [5.41, 5.74) is 0. The average Bonchev–Trinajstić information content (AvgIpc) is 2.62. The van der Waals surface area contributed by atoms with E-state index in [0.29, 0.717) is 0 Å². The van der Waals surface area contributed by atoms with Gasteiger partial charge in [-0.3, -0.25) is 4.79 Å². The maximum atomic E-state index is 7.76. The molecule has 0 spiro atoms. The first-order valence-electron chi connectivity index (χ1n) is 5.41. The zero-order valence-corrected chi connectivity index (χ0v) is 28.5. The number of hydrogen-bond acceptors (Lipinski definition) is 6. The molecule has 0 amide bonds. The molecule has 0 heterocycles. The first-order chi connectivity index (χ1) is 13.8. The van der Waals surface area contributed by atoms with E-state index in [0.717, 1.165) is 0 Å². The van der Waals surface area contributed by atoms with Crippen molar-refractivity contribution in [2.24, 2.45) is 0 Å². The number of nitrogens with zero attached hydrogens (tertiary/aromatic N) is 5. The maximum Gasteiger partial charge on any atom is 0.281 e. The average molecular weight is 934 g/mol. The van der Waals surface area contributed by atoms with E-state index in [4.69, 9.17) is 205 Å². The molecule has 0 atom stereocenters. The molecule has 186 valence electrons. The van der Waals surface area contributed by atoms with E-state index in [-0.39, 0.29) is 21.1 Å². The Kier molecular flexibility index (Phi) is 42.6. The first-order valence-corrected chi connectivity index (χ1v) is 11.1. The molecular weight excluding hydrogens is 934 g/mol. The summed E-state index contributed by atoms with van der Waals surface area (Å²) in [4.78, 5) is 7.50. The molecule has 0 aromatic heterocycles. The van der Waals surface area contributed by atoms with E-state index < -0.39 is 19.0 Å². The molecule has 2 radical (unpaired) electrons. The minimum absolute atomic E-state index is 0. The van der Waals surface area contributed by atoms with Gasteiger partial charge in [0.1, 0.15) is 30.3 Å². The van der Waals surface area contributed by atoms with Crippen molar-refractivity contribution in [3.05, 3.63) is 0 Å². The Morgan fingerprint density at radius 3 is 0.394 bits per heavy atom. The van der Waals surface area contributed by atoms with Crippen LogP contribution >= 0.6 is 174 Å². The van der Waals surface area contributed by atoms with Crippen molar-refractivity contribution < 1.29 is 25.9 Å². The normalized spacial score (nSPS) is 9.52. The van der Waals surface area contributed by atoms with Crippen molar-refractivity contribution in [2.75, 3.05) is 0 Å². The van der Waals surface area contributed by atoms with E-state index >= 15 is 0 Å². The molecule has 0 aromatic rings. The van der Waals surface area contributed by atoms with Crippen LogP contribution < -0.4 is 0 Å². The number of hydrogen-bond donors (Lipinski definition) is 0. The van der Waals surface area contributed by atoms with Crippen molar-refractivity contribution in [3.8, 4) is 30.3 Å². The second kappa shape index (κ2) is 27.2. The zero-order valence-electron chi connectivity index (χ0n) is 14.2. The van der Waals surface area contributed by atoms with Crippen LogP contribution in [0.4, 0.5) is 0 Å². The number of alkyl halides is 15. The molecule has 0 aliphatic rings. The summed E-state index contributed by atoms with van der Waals surface area (Å²) < 4.78 is -8.68. The van der Waals surface area contributed by atoms with Crippen molar-refractivity contribution in [2.45, 2.75) is 19.0 Å². The van der Waals surface area contributed by atoms with Gasteiger partial charge < -0.3 is 0 Å². The number of halogens is 15. The van der Waals surface area contributed by atoms with Gasteiger partial charge in [0, 0.05) is 21.1 Å². The fraction of sp³-hybridized carbons (Fsp3) is 0.455. The molecule has 0 rings (SSSR count). The van der Waals surface area contributed by atoms with Gasteiger partial charge in [0.2, 0.25) is 0 Å². The third-order valence-electron chi connectivity index (χ3n) is 0.634. The molecule has 0 N–H and O–H groups in total. The number of rotatable bonds is 0. The fourth-order valence-corrected chi connectivity index (χ4v) is 0. The smallest absolute Gasteiger partial charge is 0.281 e. The van der Waals surface area contributed by atoms with Crippen LogP contribution in [-0.4, -0.2) is 25.8 Å². The summed E-state index contributed by atoms with van der Waals surface area (Å²) in [6.07, 6.45) is 0. The zero-order chi connectivity index (χ0) is 28.0. The summed E-state index contributed by atoms with van der Waals surface area (Å²) in [6, 6.07) is 7.00. The van der Waals surface area contributed by atoms with E-state index in [2.05, 4.69) is 6.79 Å². The third kappa shape index (κ3) is 120. The topological polar surface area (TPSA) is 136 Å². The molecule has 0 bridgehead atoms. The van der Waals surface area contributed by atoms with Gasteiger partial charge in [-0.25, -0.2) is 0 Å². The van der Waals surface area contributed by atoms with Crippen molar-refractivity contribution in [1.82, 2.24) is 0 Å². The Bertz CT molecular complexity index is 547. The summed E-state index contributed by atoms with van der Waals surface area (Å²) in [5.74, 6) is 0. The molecule has 0 saturated carbocycles. The molecular formula is C11Cl15N5OW. The standard InChI is InChI=1S/5C2Cl3N.CO.W/c5*3-2(4,5)1-6;1-2;. The van der Waals surface area contributed by atoms with Gasteiger partial charge in [-0.2, -0.15) is 26.3 Å². The summed E-state index contributed by atoms with van der Waals surface area (Å²) >= 11 is 73.3. The third-order valence-corrected chi connectivity index (χ3v) is 1.90. The Labute approximate surface area is 278 Å². The maximum absolute atomic E-state index is 7.76. The van der Waals surface area contributed by atoms with Crippen molar-refractivity contribution in [3.63, 3.8) is 0 Å². The second-order valence-corrected chi connectivity index (χ2v) is 14.5. The Hall–Kier alpha value is 2.16. The molecule has 0 aromatic carbocycles. The molecule has 33 heavy (non-hydrogen) atoms. The first kappa shape index (κ1) is 51.7. The van der Waals surface area contributed by atoms with Gasteiger partial charge in [-0.1, -0.05) is 174 Å². The van der Waals surface area contributed by atoms with Crippen LogP contribution in [0.1, 0.15) is 0 Å². The Morgan fingerprint density at radius 1 is 0.364 bits per heavy atom. The van der Waals surface area contributed by atoms with Gasteiger partial charge in [-0.05, 0) is 0 Å². The summed E-state index contributed by atoms with van der Waals surface area (Å²) in [7, 11) is 0. The number of nitriles is 5. The van der Waals surface area contributed by atoms with E-state index in [1.54, 1.807) is 0 Å². The monoisotopic (exact) mass is 926 g/mol.